The first-order chi connectivity index (χ1) is 8.20. The van der Waals surface area contributed by atoms with Gasteiger partial charge in [0.1, 0.15) is 5.82 Å². The highest BCUT2D eigenvalue weighted by atomic mass is 16.2. The standard InChI is InChI=1S/C12H16N4O/c1-16(12(17)6-7-13)8-11-14-9-4-2-3-5-10(9)15-11/h2-5H,6-8,13H2,1H3,(H,14,15). The molecule has 0 aliphatic rings. The Kier molecular flexibility index (Phi) is 3.39. The Hall–Kier alpha value is -1.88. The predicted molar refractivity (Wildman–Crippen MR) is 66.2 cm³/mol. The van der Waals surface area contributed by atoms with Crippen molar-refractivity contribution in [3.05, 3.63) is 30.1 Å². The van der Waals surface area contributed by atoms with Crippen molar-refractivity contribution in [2.24, 2.45) is 5.73 Å². The van der Waals surface area contributed by atoms with Gasteiger partial charge < -0.3 is 15.6 Å². The van der Waals surface area contributed by atoms with Crippen molar-refractivity contribution in [2.45, 2.75) is 13.0 Å². The number of aromatic amines is 1. The van der Waals surface area contributed by atoms with Crippen LogP contribution >= 0.6 is 0 Å². The van der Waals surface area contributed by atoms with Gasteiger partial charge in [-0.1, -0.05) is 12.1 Å². The average Bonchev–Trinajstić information content (AvgIpc) is 2.71. The summed E-state index contributed by atoms with van der Waals surface area (Å²) in [4.78, 5) is 20.8. The first-order valence-corrected chi connectivity index (χ1v) is 5.58. The SMILES string of the molecule is CN(Cc1nc2ccccc2[nH]1)C(=O)CCN. The van der Waals surface area contributed by atoms with Crippen molar-refractivity contribution in [1.29, 1.82) is 0 Å². The molecule has 0 radical (unpaired) electrons. The molecule has 3 N–H and O–H groups in total. The van der Waals surface area contributed by atoms with Crippen LogP contribution in [0.15, 0.2) is 24.3 Å². The summed E-state index contributed by atoms with van der Waals surface area (Å²) >= 11 is 0. The number of rotatable bonds is 4. The number of nitrogens with one attached hydrogen (secondary N) is 1. The number of amides is 1. The third-order valence-electron chi connectivity index (χ3n) is 2.61. The van der Waals surface area contributed by atoms with Crippen molar-refractivity contribution < 1.29 is 4.79 Å². The van der Waals surface area contributed by atoms with Crippen LogP contribution in [-0.2, 0) is 11.3 Å². The second kappa shape index (κ2) is 4.97. The highest BCUT2D eigenvalue weighted by molar-refractivity contribution is 5.77. The number of nitrogens with zero attached hydrogens (tertiary/aromatic N) is 2. The maximum Gasteiger partial charge on any atom is 0.223 e. The third kappa shape index (κ3) is 2.62. The Balaban J connectivity index is 2.10. The molecule has 2 rings (SSSR count). The molecule has 0 unspecified atom stereocenters. The fraction of sp³-hybridized carbons (Fsp3) is 0.333. The summed E-state index contributed by atoms with van der Waals surface area (Å²) in [7, 11) is 1.76. The van der Waals surface area contributed by atoms with Crippen LogP contribution in [-0.4, -0.2) is 34.4 Å². The minimum absolute atomic E-state index is 0.0351. The number of nitrogens with two attached hydrogens (primary N) is 1. The average molecular weight is 232 g/mol. The molecule has 0 fully saturated rings. The monoisotopic (exact) mass is 232 g/mol. The van der Waals surface area contributed by atoms with Crippen molar-refractivity contribution in [2.75, 3.05) is 13.6 Å². The molecule has 0 atom stereocenters. The first kappa shape index (κ1) is 11.6. The number of para-hydroxylation sites is 2. The highest BCUT2D eigenvalue weighted by Crippen LogP contribution is 2.11. The molecule has 2 aromatic rings. The van der Waals surface area contributed by atoms with E-state index in [1.165, 1.54) is 0 Å². The lowest BCUT2D eigenvalue weighted by molar-refractivity contribution is -0.130. The molecule has 17 heavy (non-hydrogen) atoms. The van der Waals surface area contributed by atoms with E-state index in [4.69, 9.17) is 5.73 Å². The van der Waals surface area contributed by atoms with Gasteiger partial charge >= 0.3 is 0 Å². The molecule has 1 aromatic carbocycles. The maximum atomic E-state index is 11.6. The zero-order chi connectivity index (χ0) is 12.3. The number of imidazole rings is 1. The maximum absolute atomic E-state index is 11.6. The molecule has 0 aliphatic carbocycles. The second-order valence-electron chi connectivity index (χ2n) is 3.99. The third-order valence-corrected chi connectivity index (χ3v) is 2.61. The number of carbonyl (C=O) groups excluding carboxylic acids is 1. The molecule has 0 aliphatic heterocycles. The van der Waals surface area contributed by atoms with Gasteiger partial charge in [0.05, 0.1) is 17.6 Å². The lowest BCUT2D eigenvalue weighted by Crippen LogP contribution is -2.28. The number of aromatic nitrogens is 2. The molecule has 0 spiro atoms. The van der Waals surface area contributed by atoms with Crippen LogP contribution in [0.4, 0.5) is 0 Å². The van der Waals surface area contributed by atoms with E-state index in [1.807, 2.05) is 24.3 Å². The Morgan fingerprint density at radius 1 is 1.47 bits per heavy atom. The summed E-state index contributed by atoms with van der Waals surface area (Å²) in [6.45, 7) is 0.858. The zero-order valence-corrected chi connectivity index (χ0v) is 9.81. The van der Waals surface area contributed by atoms with E-state index in [-0.39, 0.29) is 5.91 Å². The van der Waals surface area contributed by atoms with E-state index in [0.29, 0.717) is 19.5 Å². The summed E-state index contributed by atoms with van der Waals surface area (Å²) in [6.07, 6.45) is 0.372. The highest BCUT2D eigenvalue weighted by Gasteiger charge is 2.10. The molecule has 5 heteroatoms. The van der Waals surface area contributed by atoms with Crippen LogP contribution in [0.25, 0.3) is 11.0 Å². The van der Waals surface area contributed by atoms with E-state index in [2.05, 4.69) is 9.97 Å². The van der Waals surface area contributed by atoms with E-state index in [1.54, 1.807) is 11.9 Å². The minimum atomic E-state index is 0.0351. The van der Waals surface area contributed by atoms with E-state index in [0.717, 1.165) is 16.9 Å². The Morgan fingerprint density at radius 2 is 2.24 bits per heavy atom. The van der Waals surface area contributed by atoms with Crippen LogP contribution in [0, 0.1) is 0 Å². The smallest absolute Gasteiger partial charge is 0.223 e. The summed E-state index contributed by atoms with van der Waals surface area (Å²) in [5.41, 5.74) is 7.26. The normalized spacial score (nSPS) is 10.7. The molecule has 1 amide bonds. The van der Waals surface area contributed by atoms with Gasteiger partial charge in [0.25, 0.3) is 0 Å². The molecular formula is C12H16N4O. The summed E-state index contributed by atoms with van der Waals surface area (Å²) in [5, 5.41) is 0. The lowest BCUT2D eigenvalue weighted by Gasteiger charge is -2.14. The fourth-order valence-electron chi connectivity index (χ4n) is 1.71. The molecule has 5 nitrogen and oxygen atoms in total. The molecule has 0 saturated heterocycles. The molecule has 0 bridgehead atoms. The number of benzene rings is 1. The van der Waals surface area contributed by atoms with Crippen LogP contribution < -0.4 is 5.73 Å². The molecular weight excluding hydrogens is 216 g/mol. The van der Waals surface area contributed by atoms with Crippen molar-refractivity contribution >= 4 is 16.9 Å². The van der Waals surface area contributed by atoms with Crippen molar-refractivity contribution in [3.8, 4) is 0 Å². The van der Waals surface area contributed by atoms with Gasteiger partial charge in [-0.25, -0.2) is 4.98 Å². The Labute approximate surface area is 99.6 Å². The van der Waals surface area contributed by atoms with Gasteiger partial charge in [0.2, 0.25) is 5.91 Å². The number of hydrogen-bond donors (Lipinski definition) is 2. The van der Waals surface area contributed by atoms with Crippen LogP contribution in [0.2, 0.25) is 0 Å². The number of hydrogen-bond acceptors (Lipinski definition) is 3. The van der Waals surface area contributed by atoms with Crippen LogP contribution in [0.3, 0.4) is 0 Å². The number of carbonyl (C=O) groups is 1. The minimum Gasteiger partial charge on any atom is -0.340 e. The van der Waals surface area contributed by atoms with Crippen LogP contribution in [0.1, 0.15) is 12.2 Å². The molecule has 1 aromatic heterocycles. The van der Waals surface area contributed by atoms with Gasteiger partial charge in [0, 0.05) is 20.0 Å². The topological polar surface area (TPSA) is 75.0 Å². The molecule has 0 saturated carbocycles. The Bertz CT molecular complexity index is 487. The van der Waals surface area contributed by atoms with Gasteiger partial charge in [-0.05, 0) is 12.1 Å². The first-order valence-electron chi connectivity index (χ1n) is 5.58. The quantitative estimate of drug-likeness (QED) is 0.821. The van der Waals surface area contributed by atoms with Gasteiger partial charge in [-0.3, -0.25) is 4.79 Å². The largest absolute Gasteiger partial charge is 0.340 e. The summed E-state index contributed by atoms with van der Waals surface area (Å²) in [5.74, 6) is 0.826. The summed E-state index contributed by atoms with van der Waals surface area (Å²) < 4.78 is 0. The predicted octanol–water partition coefficient (Wildman–Crippen LogP) is 0.870. The number of fused-ring (bicyclic) bond motifs is 1. The van der Waals surface area contributed by atoms with E-state index >= 15 is 0 Å². The van der Waals surface area contributed by atoms with Crippen molar-refractivity contribution in [3.63, 3.8) is 0 Å². The Morgan fingerprint density at radius 3 is 2.94 bits per heavy atom. The zero-order valence-electron chi connectivity index (χ0n) is 9.81. The second-order valence-corrected chi connectivity index (χ2v) is 3.99. The van der Waals surface area contributed by atoms with Gasteiger partial charge in [-0.15, -0.1) is 0 Å². The number of H-pyrrole nitrogens is 1. The molecule has 1 heterocycles. The van der Waals surface area contributed by atoms with E-state index < -0.39 is 0 Å². The van der Waals surface area contributed by atoms with Gasteiger partial charge in [-0.2, -0.15) is 0 Å². The van der Waals surface area contributed by atoms with Crippen molar-refractivity contribution in [1.82, 2.24) is 14.9 Å². The molecule has 90 valence electrons. The lowest BCUT2D eigenvalue weighted by atomic mass is 10.3. The summed E-state index contributed by atoms with van der Waals surface area (Å²) in [6, 6.07) is 7.80. The van der Waals surface area contributed by atoms with Crippen LogP contribution in [0.5, 0.6) is 0 Å². The van der Waals surface area contributed by atoms with Gasteiger partial charge in [0.15, 0.2) is 0 Å². The fourth-order valence-corrected chi connectivity index (χ4v) is 1.71. The van der Waals surface area contributed by atoms with E-state index in [9.17, 15) is 4.79 Å².